The van der Waals surface area contributed by atoms with Gasteiger partial charge < -0.3 is 19.7 Å². The van der Waals surface area contributed by atoms with Gasteiger partial charge in [0.15, 0.2) is 0 Å². The summed E-state index contributed by atoms with van der Waals surface area (Å²) in [6, 6.07) is 0.0289. The van der Waals surface area contributed by atoms with E-state index in [1.54, 1.807) is 7.11 Å². The van der Waals surface area contributed by atoms with Gasteiger partial charge in [-0.15, -0.1) is 0 Å². The lowest BCUT2D eigenvalue weighted by molar-refractivity contribution is -0.142. The average Bonchev–Trinajstić information content (AvgIpc) is 2.38. The summed E-state index contributed by atoms with van der Waals surface area (Å²) in [7, 11) is 1.70. The number of nitrogens with one attached hydrogen (secondary N) is 1. The largest absolute Gasteiger partial charge is 0.377 e. The number of likely N-dealkylation sites (N-methyl/N-ethyl adjacent to an activating group) is 1. The molecule has 0 aromatic rings. The number of carbonyl (C=O) groups excluding carboxylic acids is 1. The van der Waals surface area contributed by atoms with Crippen molar-refractivity contribution in [2.24, 2.45) is 0 Å². The van der Waals surface area contributed by atoms with Gasteiger partial charge in [-0.25, -0.2) is 0 Å². The summed E-state index contributed by atoms with van der Waals surface area (Å²) in [5, 5.41) is 3.36. The molecule has 5 nitrogen and oxygen atoms in total. The molecule has 0 radical (unpaired) electrons. The second kappa shape index (κ2) is 7.82. The van der Waals surface area contributed by atoms with Crippen molar-refractivity contribution in [3.8, 4) is 0 Å². The minimum atomic E-state index is -0.176. The van der Waals surface area contributed by atoms with Gasteiger partial charge in [-0.1, -0.05) is 0 Å². The van der Waals surface area contributed by atoms with Crippen molar-refractivity contribution < 1.29 is 14.3 Å². The van der Waals surface area contributed by atoms with E-state index in [0.717, 1.165) is 19.5 Å². The van der Waals surface area contributed by atoms with E-state index in [9.17, 15) is 4.79 Å². The highest BCUT2D eigenvalue weighted by molar-refractivity contribution is 5.81. The molecule has 0 saturated heterocycles. The first-order valence-electron chi connectivity index (χ1n) is 7.28. The SMILES string of the molecule is CCOC1CC(NC(C)C(=O)N(CC)CC)C1OC. The summed E-state index contributed by atoms with van der Waals surface area (Å²) in [4.78, 5) is 14.0. The van der Waals surface area contributed by atoms with Crippen LogP contribution < -0.4 is 5.32 Å². The first-order valence-corrected chi connectivity index (χ1v) is 7.28. The van der Waals surface area contributed by atoms with Gasteiger partial charge >= 0.3 is 0 Å². The lowest BCUT2D eigenvalue weighted by Gasteiger charge is -2.44. The molecule has 4 atom stereocenters. The maximum atomic E-state index is 12.2. The lowest BCUT2D eigenvalue weighted by atomic mass is 9.84. The summed E-state index contributed by atoms with van der Waals surface area (Å²) in [6.07, 6.45) is 1.11. The van der Waals surface area contributed by atoms with Crippen molar-refractivity contribution in [1.29, 1.82) is 0 Å². The van der Waals surface area contributed by atoms with Crippen LogP contribution in [0.2, 0.25) is 0 Å². The molecule has 4 unspecified atom stereocenters. The van der Waals surface area contributed by atoms with Crippen molar-refractivity contribution in [1.82, 2.24) is 10.2 Å². The number of methoxy groups -OCH3 is 1. The molecule has 0 aromatic heterocycles. The van der Waals surface area contributed by atoms with Crippen molar-refractivity contribution in [3.63, 3.8) is 0 Å². The number of ether oxygens (including phenoxy) is 2. The van der Waals surface area contributed by atoms with Gasteiger partial charge in [0.2, 0.25) is 5.91 Å². The highest BCUT2D eigenvalue weighted by atomic mass is 16.5. The van der Waals surface area contributed by atoms with E-state index < -0.39 is 0 Å². The fourth-order valence-corrected chi connectivity index (χ4v) is 2.64. The number of nitrogens with zero attached hydrogens (tertiary/aromatic N) is 1. The molecule has 1 aliphatic rings. The van der Waals surface area contributed by atoms with Crippen LogP contribution in [0, 0.1) is 0 Å². The number of amides is 1. The van der Waals surface area contributed by atoms with Crippen molar-refractivity contribution >= 4 is 5.91 Å². The molecule has 19 heavy (non-hydrogen) atoms. The molecule has 0 bridgehead atoms. The molecule has 1 fully saturated rings. The smallest absolute Gasteiger partial charge is 0.239 e. The molecule has 0 aromatic carbocycles. The Labute approximate surface area is 116 Å². The molecule has 1 aliphatic carbocycles. The molecule has 112 valence electrons. The highest BCUT2D eigenvalue weighted by Gasteiger charge is 2.43. The fraction of sp³-hybridized carbons (Fsp3) is 0.929. The Morgan fingerprint density at radius 3 is 2.47 bits per heavy atom. The summed E-state index contributed by atoms with van der Waals surface area (Å²) in [6.45, 7) is 10.1. The predicted octanol–water partition coefficient (Wildman–Crippen LogP) is 1.03. The standard InChI is InChI=1S/C14H28N2O3/c1-6-16(7-2)14(17)10(4)15-11-9-12(19-8-3)13(11)18-5/h10-13,15H,6-9H2,1-5H3. The maximum absolute atomic E-state index is 12.2. The molecule has 5 heteroatoms. The van der Waals surface area contributed by atoms with E-state index in [4.69, 9.17) is 9.47 Å². The van der Waals surface area contributed by atoms with Crippen molar-refractivity contribution in [2.45, 2.75) is 58.4 Å². The highest BCUT2D eigenvalue weighted by Crippen LogP contribution is 2.27. The molecule has 0 heterocycles. The Morgan fingerprint density at radius 1 is 1.37 bits per heavy atom. The number of carbonyl (C=O) groups is 1. The Bertz CT molecular complexity index is 282. The van der Waals surface area contributed by atoms with E-state index in [1.165, 1.54) is 0 Å². The van der Waals surface area contributed by atoms with Gasteiger partial charge in [0, 0.05) is 32.8 Å². The van der Waals surface area contributed by atoms with Gasteiger partial charge in [0.1, 0.15) is 0 Å². The second-order valence-electron chi connectivity index (χ2n) is 4.94. The fourth-order valence-electron chi connectivity index (χ4n) is 2.64. The quantitative estimate of drug-likeness (QED) is 0.717. The Kier molecular flexibility index (Phi) is 6.75. The molecule has 1 saturated carbocycles. The third kappa shape index (κ3) is 3.91. The van der Waals surface area contributed by atoms with Crippen LogP contribution in [0.1, 0.15) is 34.1 Å². The maximum Gasteiger partial charge on any atom is 0.239 e. The Hall–Kier alpha value is -0.650. The predicted molar refractivity (Wildman–Crippen MR) is 75.1 cm³/mol. The number of rotatable bonds is 8. The van der Waals surface area contributed by atoms with Gasteiger partial charge in [-0.05, 0) is 34.1 Å². The Balaban J connectivity index is 2.45. The zero-order chi connectivity index (χ0) is 14.4. The lowest BCUT2D eigenvalue weighted by Crippen LogP contribution is -2.63. The van der Waals surface area contributed by atoms with Crippen molar-refractivity contribution in [2.75, 3.05) is 26.8 Å². The zero-order valence-electron chi connectivity index (χ0n) is 12.8. The van der Waals surface area contributed by atoms with Crippen LogP contribution >= 0.6 is 0 Å². The first-order chi connectivity index (χ1) is 9.08. The van der Waals surface area contributed by atoms with Crippen LogP contribution in [0.15, 0.2) is 0 Å². The summed E-state index contributed by atoms with van der Waals surface area (Å²) in [5.74, 6) is 0.153. The molecule has 0 aliphatic heterocycles. The van der Waals surface area contributed by atoms with E-state index in [2.05, 4.69) is 5.32 Å². The van der Waals surface area contributed by atoms with Gasteiger partial charge in [0.05, 0.1) is 18.2 Å². The topological polar surface area (TPSA) is 50.8 Å². The number of hydrogen-bond acceptors (Lipinski definition) is 4. The third-order valence-corrected chi connectivity index (χ3v) is 3.81. The average molecular weight is 272 g/mol. The van der Waals surface area contributed by atoms with Crippen LogP contribution in [0.5, 0.6) is 0 Å². The van der Waals surface area contributed by atoms with Crippen LogP contribution in [0.4, 0.5) is 0 Å². The van der Waals surface area contributed by atoms with Gasteiger partial charge in [0.25, 0.3) is 0 Å². The summed E-state index contributed by atoms with van der Waals surface area (Å²) >= 11 is 0. The van der Waals surface area contributed by atoms with Crippen LogP contribution in [0.25, 0.3) is 0 Å². The Morgan fingerprint density at radius 2 is 2.00 bits per heavy atom. The minimum absolute atomic E-state index is 0.0481. The van der Waals surface area contributed by atoms with Crippen LogP contribution in [-0.4, -0.2) is 61.9 Å². The molecule has 1 rings (SSSR count). The van der Waals surface area contributed by atoms with Crippen LogP contribution in [0.3, 0.4) is 0 Å². The summed E-state index contributed by atoms with van der Waals surface area (Å²) in [5.41, 5.74) is 0. The normalized spacial score (nSPS) is 27.7. The van der Waals surface area contributed by atoms with E-state index >= 15 is 0 Å². The first kappa shape index (κ1) is 16.4. The molecular weight excluding hydrogens is 244 g/mol. The van der Waals surface area contributed by atoms with E-state index in [1.807, 2.05) is 32.6 Å². The van der Waals surface area contributed by atoms with Gasteiger partial charge in [-0.3, -0.25) is 4.79 Å². The second-order valence-corrected chi connectivity index (χ2v) is 4.94. The van der Waals surface area contributed by atoms with E-state index in [-0.39, 0.29) is 30.2 Å². The minimum Gasteiger partial charge on any atom is -0.377 e. The third-order valence-electron chi connectivity index (χ3n) is 3.81. The molecule has 0 spiro atoms. The van der Waals surface area contributed by atoms with Crippen LogP contribution in [-0.2, 0) is 14.3 Å². The van der Waals surface area contributed by atoms with E-state index in [0.29, 0.717) is 6.61 Å². The number of hydrogen-bond donors (Lipinski definition) is 1. The monoisotopic (exact) mass is 272 g/mol. The molecule has 1 N–H and O–H groups in total. The zero-order valence-corrected chi connectivity index (χ0v) is 12.8. The molecular formula is C14H28N2O3. The molecule has 1 amide bonds. The van der Waals surface area contributed by atoms with Gasteiger partial charge in [-0.2, -0.15) is 0 Å². The van der Waals surface area contributed by atoms with Crippen molar-refractivity contribution in [3.05, 3.63) is 0 Å². The summed E-state index contributed by atoms with van der Waals surface area (Å²) < 4.78 is 11.0.